The van der Waals surface area contributed by atoms with E-state index in [1.807, 2.05) is 58.2 Å². The van der Waals surface area contributed by atoms with Crippen LogP contribution in [0.2, 0.25) is 0 Å². The van der Waals surface area contributed by atoms with E-state index in [0.717, 1.165) is 22.1 Å². The van der Waals surface area contributed by atoms with Gasteiger partial charge in [-0.05, 0) is 45.1 Å². The second kappa shape index (κ2) is 7.57. The SMILES string of the molecule is Cc1nc(C=Cc2c(-c3ccccn3)nnn2C)sc1C(=O)NC(C)C. The fourth-order valence-electron chi connectivity index (χ4n) is 2.41. The average molecular weight is 368 g/mol. The minimum absolute atomic E-state index is 0.0874. The highest BCUT2D eigenvalue weighted by Crippen LogP contribution is 2.23. The molecule has 3 aromatic rings. The molecule has 1 N–H and O–H groups in total. The summed E-state index contributed by atoms with van der Waals surface area (Å²) in [7, 11) is 1.83. The first-order chi connectivity index (χ1) is 12.5. The van der Waals surface area contributed by atoms with E-state index in [1.54, 1.807) is 10.9 Å². The molecule has 3 aromatic heterocycles. The Morgan fingerprint density at radius 2 is 2.12 bits per heavy atom. The van der Waals surface area contributed by atoms with Gasteiger partial charge in [0.2, 0.25) is 0 Å². The molecule has 1 amide bonds. The first kappa shape index (κ1) is 17.9. The third kappa shape index (κ3) is 3.85. The summed E-state index contributed by atoms with van der Waals surface area (Å²) in [5.74, 6) is -0.0916. The molecule has 0 bridgehead atoms. The zero-order chi connectivity index (χ0) is 18.7. The molecule has 26 heavy (non-hydrogen) atoms. The number of amides is 1. The van der Waals surface area contributed by atoms with Crippen molar-refractivity contribution in [3.63, 3.8) is 0 Å². The molecular formula is C18H20N6OS. The predicted octanol–water partition coefficient (Wildman–Crippen LogP) is 2.95. The number of carbonyl (C=O) groups is 1. The molecule has 0 aromatic carbocycles. The summed E-state index contributed by atoms with van der Waals surface area (Å²) < 4.78 is 1.69. The maximum absolute atomic E-state index is 12.2. The average Bonchev–Trinajstić information content (AvgIpc) is 3.16. The molecule has 0 spiro atoms. The first-order valence-corrected chi connectivity index (χ1v) is 9.05. The van der Waals surface area contributed by atoms with Crippen molar-refractivity contribution in [3.8, 4) is 11.4 Å². The number of nitrogens with one attached hydrogen (secondary N) is 1. The van der Waals surface area contributed by atoms with Crippen LogP contribution in [0.4, 0.5) is 0 Å². The molecule has 3 heterocycles. The zero-order valence-electron chi connectivity index (χ0n) is 15.1. The molecule has 0 aliphatic rings. The second-order valence-electron chi connectivity index (χ2n) is 6.09. The molecule has 0 aliphatic carbocycles. The van der Waals surface area contributed by atoms with Crippen LogP contribution in [-0.4, -0.2) is 36.9 Å². The Bertz CT molecular complexity index is 942. The van der Waals surface area contributed by atoms with Crippen LogP contribution >= 0.6 is 11.3 Å². The molecule has 0 aliphatic heterocycles. The predicted molar refractivity (Wildman–Crippen MR) is 103 cm³/mol. The summed E-state index contributed by atoms with van der Waals surface area (Å²) in [6, 6.07) is 5.75. The van der Waals surface area contributed by atoms with Gasteiger partial charge in [-0.2, -0.15) is 0 Å². The highest BCUT2D eigenvalue weighted by molar-refractivity contribution is 7.14. The Morgan fingerprint density at radius 3 is 2.81 bits per heavy atom. The summed E-state index contributed by atoms with van der Waals surface area (Å²) in [6.07, 6.45) is 5.49. The molecule has 134 valence electrons. The Labute approximate surface area is 155 Å². The van der Waals surface area contributed by atoms with Crippen LogP contribution in [-0.2, 0) is 7.05 Å². The fourth-order valence-corrected chi connectivity index (χ4v) is 3.29. The van der Waals surface area contributed by atoms with Gasteiger partial charge in [-0.25, -0.2) is 9.67 Å². The molecule has 7 nitrogen and oxygen atoms in total. The largest absolute Gasteiger partial charge is 0.349 e. The molecule has 3 rings (SSSR count). The van der Waals surface area contributed by atoms with Crippen LogP contribution in [0.1, 0.15) is 39.9 Å². The lowest BCUT2D eigenvalue weighted by Crippen LogP contribution is -2.29. The third-order valence-electron chi connectivity index (χ3n) is 3.60. The smallest absolute Gasteiger partial charge is 0.263 e. The van der Waals surface area contributed by atoms with Crippen LogP contribution in [0, 0.1) is 6.92 Å². The maximum atomic E-state index is 12.2. The Morgan fingerprint density at radius 1 is 1.31 bits per heavy atom. The fraction of sp³-hybridized carbons (Fsp3) is 0.278. The van der Waals surface area contributed by atoms with Crippen molar-refractivity contribution in [2.45, 2.75) is 26.8 Å². The lowest BCUT2D eigenvalue weighted by atomic mass is 10.2. The Kier molecular flexibility index (Phi) is 5.22. The van der Waals surface area contributed by atoms with Gasteiger partial charge < -0.3 is 5.32 Å². The summed E-state index contributed by atoms with van der Waals surface area (Å²) >= 11 is 1.36. The van der Waals surface area contributed by atoms with Crippen LogP contribution in [0.25, 0.3) is 23.5 Å². The van der Waals surface area contributed by atoms with E-state index in [4.69, 9.17) is 0 Å². The van der Waals surface area contributed by atoms with Gasteiger partial charge in [0.25, 0.3) is 5.91 Å². The van der Waals surface area contributed by atoms with Gasteiger partial charge in [0.15, 0.2) is 0 Å². The quantitative estimate of drug-likeness (QED) is 0.748. The second-order valence-corrected chi connectivity index (χ2v) is 7.12. The van der Waals surface area contributed by atoms with E-state index >= 15 is 0 Å². The molecule has 8 heteroatoms. The standard InChI is InChI=1S/C18H20N6OS/c1-11(2)20-18(25)17-12(3)21-15(26-17)9-8-14-16(22-23-24(14)4)13-7-5-6-10-19-13/h5-11H,1-4H3,(H,20,25). The van der Waals surface area contributed by atoms with Crippen molar-refractivity contribution in [3.05, 3.63) is 45.7 Å². The molecule has 0 radical (unpaired) electrons. The Hall–Kier alpha value is -2.87. The van der Waals surface area contributed by atoms with E-state index in [1.165, 1.54) is 11.3 Å². The van der Waals surface area contributed by atoms with Gasteiger partial charge in [0, 0.05) is 19.3 Å². The van der Waals surface area contributed by atoms with E-state index in [9.17, 15) is 4.79 Å². The summed E-state index contributed by atoms with van der Waals surface area (Å²) in [5, 5.41) is 11.9. The number of carbonyl (C=O) groups excluding carboxylic acids is 1. The van der Waals surface area contributed by atoms with Gasteiger partial charge in [0.05, 0.1) is 17.1 Å². The highest BCUT2D eigenvalue weighted by Gasteiger charge is 2.16. The van der Waals surface area contributed by atoms with Gasteiger partial charge in [-0.1, -0.05) is 11.3 Å². The van der Waals surface area contributed by atoms with Crippen LogP contribution in [0.5, 0.6) is 0 Å². The molecular weight excluding hydrogens is 348 g/mol. The van der Waals surface area contributed by atoms with Crippen molar-refractivity contribution in [2.75, 3.05) is 0 Å². The summed E-state index contributed by atoms with van der Waals surface area (Å²) in [4.78, 5) is 21.7. The highest BCUT2D eigenvalue weighted by atomic mass is 32.1. The number of nitrogens with zero attached hydrogens (tertiary/aromatic N) is 5. The topological polar surface area (TPSA) is 85.6 Å². The normalized spacial score (nSPS) is 11.4. The van der Waals surface area contributed by atoms with Crippen molar-refractivity contribution in [1.29, 1.82) is 0 Å². The molecule has 0 unspecified atom stereocenters. The molecule has 0 atom stereocenters. The molecule has 0 saturated heterocycles. The third-order valence-corrected chi connectivity index (χ3v) is 4.72. The molecule has 0 fully saturated rings. The van der Waals surface area contributed by atoms with Crippen LogP contribution in [0.15, 0.2) is 24.4 Å². The van der Waals surface area contributed by atoms with E-state index in [0.29, 0.717) is 10.6 Å². The molecule has 0 saturated carbocycles. The van der Waals surface area contributed by atoms with Crippen LogP contribution < -0.4 is 5.32 Å². The van der Waals surface area contributed by atoms with Gasteiger partial charge in [-0.15, -0.1) is 16.4 Å². The number of hydrogen-bond acceptors (Lipinski definition) is 6. The number of aromatic nitrogens is 5. The Balaban J connectivity index is 1.88. The summed E-state index contributed by atoms with van der Waals surface area (Å²) in [6.45, 7) is 5.71. The van der Waals surface area contributed by atoms with Crippen LogP contribution in [0.3, 0.4) is 0 Å². The monoisotopic (exact) mass is 368 g/mol. The lowest BCUT2D eigenvalue weighted by Gasteiger charge is -2.06. The van der Waals surface area contributed by atoms with Crippen molar-refractivity contribution in [1.82, 2.24) is 30.3 Å². The van der Waals surface area contributed by atoms with Gasteiger partial charge in [-0.3, -0.25) is 9.78 Å². The lowest BCUT2D eigenvalue weighted by molar-refractivity contribution is 0.0946. The number of rotatable bonds is 5. The summed E-state index contributed by atoms with van der Waals surface area (Å²) in [5.41, 5.74) is 3.01. The van der Waals surface area contributed by atoms with E-state index < -0.39 is 0 Å². The van der Waals surface area contributed by atoms with E-state index in [2.05, 4.69) is 25.6 Å². The zero-order valence-corrected chi connectivity index (χ0v) is 15.9. The van der Waals surface area contributed by atoms with Gasteiger partial charge in [0.1, 0.15) is 15.6 Å². The number of aryl methyl sites for hydroxylation is 2. The van der Waals surface area contributed by atoms with Crippen molar-refractivity contribution >= 4 is 29.4 Å². The van der Waals surface area contributed by atoms with E-state index in [-0.39, 0.29) is 11.9 Å². The number of thiazole rings is 1. The first-order valence-electron chi connectivity index (χ1n) is 8.23. The van der Waals surface area contributed by atoms with Gasteiger partial charge >= 0.3 is 0 Å². The maximum Gasteiger partial charge on any atom is 0.263 e. The van der Waals surface area contributed by atoms with Crippen molar-refractivity contribution in [2.24, 2.45) is 7.05 Å². The number of hydrogen-bond donors (Lipinski definition) is 1. The minimum Gasteiger partial charge on any atom is -0.349 e. The van der Waals surface area contributed by atoms with Crippen molar-refractivity contribution < 1.29 is 4.79 Å². The number of pyridine rings is 1. The minimum atomic E-state index is -0.0916.